The Bertz CT molecular complexity index is 1230. The first-order valence-electron chi connectivity index (χ1n) is 9.20. The van der Waals surface area contributed by atoms with E-state index in [1.807, 2.05) is 38.1 Å². The number of oxazole rings is 1. The molecular formula is C21H19ClN6O2. The highest BCUT2D eigenvalue weighted by Crippen LogP contribution is 2.24. The molecule has 8 nitrogen and oxygen atoms in total. The second-order valence-corrected chi connectivity index (χ2v) is 7.27. The minimum atomic E-state index is -0.474. The summed E-state index contributed by atoms with van der Waals surface area (Å²) in [5.74, 6) is 0.822. The lowest BCUT2D eigenvalue weighted by Gasteiger charge is -2.04. The average Bonchev–Trinajstić information content (AvgIpc) is 3.25. The Hall–Kier alpha value is -3.65. The van der Waals surface area contributed by atoms with Crippen LogP contribution in [-0.4, -0.2) is 25.9 Å². The standard InChI is InChI=1S/C21H19ClN6O2/c1-12-5-3-6-14(9-12)21-25-17(13(2)30-21)11-28-19(23)18(26-27-28)20(29)24-16-8-4-7-15(22)10-16/h3-10H,11,23H2,1-2H3,(H,24,29). The third-order valence-corrected chi connectivity index (χ3v) is 4.76. The number of aryl methyl sites for hydroxylation is 2. The SMILES string of the molecule is Cc1cccc(-c2nc(Cn3nnc(C(=O)Nc4cccc(Cl)c4)c3N)c(C)o2)c1. The first-order chi connectivity index (χ1) is 14.4. The van der Waals surface area contributed by atoms with Crippen LogP contribution in [0.15, 0.2) is 52.9 Å². The molecule has 0 unspecified atom stereocenters. The molecule has 0 aliphatic rings. The normalized spacial score (nSPS) is 10.9. The van der Waals surface area contributed by atoms with E-state index in [0.717, 1.165) is 11.1 Å². The summed E-state index contributed by atoms with van der Waals surface area (Å²) in [4.78, 5) is 17.1. The quantitative estimate of drug-likeness (QED) is 0.501. The zero-order valence-electron chi connectivity index (χ0n) is 16.4. The Morgan fingerprint density at radius 3 is 2.77 bits per heavy atom. The molecule has 2 aromatic carbocycles. The highest BCUT2D eigenvalue weighted by atomic mass is 35.5. The number of hydrogen-bond donors (Lipinski definition) is 2. The molecular weight excluding hydrogens is 404 g/mol. The van der Waals surface area contributed by atoms with Gasteiger partial charge < -0.3 is 15.5 Å². The van der Waals surface area contributed by atoms with Crippen molar-refractivity contribution in [3.05, 3.63) is 76.3 Å². The van der Waals surface area contributed by atoms with Crippen molar-refractivity contribution < 1.29 is 9.21 Å². The molecule has 0 aliphatic heterocycles. The fourth-order valence-corrected chi connectivity index (χ4v) is 3.16. The monoisotopic (exact) mass is 422 g/mol. The maximum atomic E-state index is 12.5. The predicted octanol–water partition coefficient (Wildman–Crippen LogP) is 4.09. The molecule has 0 spiro atoms. The summed E-state index contributed by atoms with van der Waals surface area (Å²) in [5.41, 5.74) is 9.33. The second kappa shape index (κ2) is 8.00. The van der Waals surface area contributed by atoms with Gasteiger partial charge in [-0.05, 0) is 44.2 Å². The summed E-state index contributed by atoms with van der Waals surface area (Å²) in [5, 5.41) is 11.1. The summed E-state index contributed by atoms with van der Waals surface area (Å²) >= 11 is 5.95. The lowest BCUT2D eigenvalue weighted by molar-refractivity contribution is 0.102. The fourth-order valence-electron chi connectivity index (χ4n) is 2.97. The van der Waals surface area contributed by atoms with E-state index in [1.165, 1.54) is 4.68 Å². The van der Waals surface area contributed by atoms with Gasteiger partial charge >= 0.3 is 0 Å². The van der Waals surface area contributed by atoms with Crippen LogP contribution in [-0.2, 0) is 6.54 Å². The predicted molar refractivity (Wildman–Crippen MR) is 114 cm³/mol. The van der Waals surface area contributed by atoms with Crippen molar-refractivity contribution in [3.8, 4) is 11.5 Å². The molecule has 30 heavy (non-hydrogen) atoms. The number of anilines is 2. The maximum Gasteiger partial charge on any atom is 0.280 e. The zero-order valence-corrected chi connectivity index (χ0v) is 17.1. The number of nitrogens with zero attached hydrogens (tertiary/aromatic N) is 4. The Labute approximate surface area is 177 Å². The molecule has 2 aromatic heterocycles. The van der Waals surface area contributed by atoms with E-state index in [1.54, 1.807) is 24.3 Å². The fraction of sp³-hybridized carbons (Fsp3) is 0.143. The summed E-state index contributed by atoms with van der Waals surface area (Å²) < 4.78 is 7.22. The number of nitrogens with two attached hydrogens (primary N) is 1. The first kappa shape index (κ1) is 19.7. The molecule has 152 valence electrons. The summed E-state index contributed by atoms with van der Waals surface area (Å²) in [6, 6.07) is 14.7. The van der Waals surface area contributed by atoms with Crippen LogP contribution < -0.4 is 11.1 Å². The van der Waals surface area contributed by atoms with Crippen molar-refractivity contribution in [2.24, 2.45) is 0 Å². The van der Waals surface area contributed by atoms with Gasteiger partial charge in [0.15, 0.2) is 11.5 Å². The topological polar surface area (TPSA) is 112 Å². The largest absolute Gasteiger partial charge is 0.441 e. The number of carbonyl (C=O) groups excluding carboxylic acids is 1. The van der Waals surface area contributed by atoms with Gasteiger partial charge in [0.1, 0.15) is 11.5 Å². The number of amides is 1. The van der Waals surface area contributed by atoms with Crippen LogP contribution >= 0.6 is 11.6 Å². The van der Waals surface area contributed by atoms with Crippen molar-refractivity contribution in [1.82, 2.24) is 20.0 Å². The third kappa shape index (κ3) is 4.04. The number of hydrogen-bond acceptors (Lipinski definition) is 6. The van der Waals surface area contributed by atoms with Crippen molar-refractivity contribution in [2.45, 2.75) is 20.4 Å². The maximum absolute atomic E-state index is 12.5. The van der Waals surface area contributed by atoms with Gasteiger partial charge in [-0.3, -0.25) is 4.79 Å². The Kier molecular flexibility index (Phi) is 5.24. The van der Waals surface area contributed by atoms with Gasteiger partial charge in [-0.1, -0.05) is 40.6 Å². The number of aromatic nitrogens is 4. The first-order valence-corrected chi connectivity index (χ1v) is 9.57. The van der Waals surface area contributed by atoms with Gasteiger partial charge in [-0.25, -0.2) is 9.67 Å². The number of nitrogens with one attached hydrogen (secondary N) is 1. The summed E-state index contributed by atoms with van der Waals surface area (Å²) in [6.07, 6.45) is 0. The molecule has 4 aromatic rings. The van der Waals surface area contributed by atoms with Gasteiger partial charge in [0, 0.05) is 16.3 Å². The van der Waals surface area contributed by atoms with E-state index in [9.17, 15) is 4.79 Å². The number of nitrogen functional groups attached to an aromatic ring is 1. The van der Waals surface area contributed by atoms with Crippen molar-refractivity contribution in [2.75, 3.05) is 11.1 Å². The van der Waals surface area contributed by atoms with Crippen LogP contribution in [0.2, 0.25) is 5.02 Å². The smallest absolute Gasteiger partial charge is 0.280 e. The van der Waals surface area contributed by atoms with Crippen LogP contribution in [0.5, 0.6) is 0 Å². The third-order valence-electron chi connectivity index (χ3n) is 4.53. The van der Waals surface area contributed by atoms with Gasteiger partial charge in [-0.15, -0.1) is 5.10 Å². The van der Waals surface area contributed by atoms with E-state index >= 15 is 0 Å². The Morgan fingerprint density at radius 1 is 1.20 bits per heavy atom. The van der Waals surface area contributed by atoms with E-state index in [2.05, 4.69) is 20.6 Å². The summed E-state index contributed by atoms with van der Waals surface area (Å²) in [7, 11) is 0. The molecule has 0 fully saturated rings. The highest BCUT2D eigenvalue weighted by molar-refractivity contribution is 6.31. The molecule has 1 amide bonds. The lowest BCUT2D eigenvalue weighted by atomic mass is 10.1. The number of halogens is 1. The number of carbonyl (C=O) groups is 1. The lowest BCUT2D eigenvalue weighted by Crippen LogP contribution is -2.15. The van der Waals surface area contributed by atoms with E-state index in [0.29, 0.717) is 28.1 Å². The van der Waals surface area contributed by atoms with Gasteiger partial charge in [0.25, 0.3) is 5.91 Å². The van der Waals surface area contributed by atoms with Crippen molar-refractivity contribution in [3.63, 3.8) is 0 Å². The van der Waals surface area contributed by atoms with Crippen molar-refractivity contribution in [1.29, 1.82) is 0 Å². The van der Waals surface area contributed by atoms with E-state index in [4.69, 9.17) is 21.8 Å². The van der Waals surface area contributed by atoms with Gasteiger partial charge in [0.2, 0.25) is 5.89 Å². The minimum absolute atomic E-state index is 0.0232. The Balaban J connectivity index is 1.54. The molecule has 2 heterocycles. The molecule has 9 heteroatoms. The van der Waals surface area contributed by atoms with Crippen LogP contribution in [0.25, 0.3) is 11.5 Å². The highest BCUT2D eigenvalue weighted by Gasteiger charge is 2.20. The average molecular weight is 423 g/mol. The van der Waals surface area contributed by atoms with E-state index in [-0.39, 0.29) is 18.1 Å². The molecule has 0 atom stereocenters. The molecule has 0 aliphatic carbocycles. The number of benzene rings is 2. The zero-order chi connectivity index (χ0) is 21.3. The van der Waals surface area contributed by atoms with Gasteiger partial charge in [0.05, 0.1) is 6.54 Å². The second-order valence-electron chi connectivity index (χ2n) is 6.84. The van der Waals surface area contributed by atoms with Crippen LogP contribution in [0.4, 0.5) is 11.5 Å². The molecule has 3 N–H and O–H groups in total. The van der Waals surface area contributed by atoms with Gasteiger partial charge in [-0.2, -0.15) is 0 Å². The molecule has 0 bridgehead atoms. The van der Waals surface area contributed by atoms with Crippen LogP contribution in [0.1, 0.15) is 27.5 Å². The summed E-state index contributed by atoms with van der Waals surface area (Å²) in [6.45, 7) is 4.05. The Morgan fingerprint density at radius 2 is 2.00 bits per heavy atom. The van der Waals surface area contributed by atoms with Crippen LogP contribution in [0.3, 0.4) is 0 Å². The van der Waals surface area contributed by atoms with Crippen molar-refractivity contribution >= 4 is 29.0 Å². The number of rotatable bonds is 5. The molecule has 0 radical (unpaired) electrons. The molecule has 4 rings (SSSR count). The molecule has 0 saturated heterocycles. The van der Waals surface area contributed by atoms with Crippen LogP contribution in [0, 0.1) is 13.8 Å². The molecule has 0 saturated carbocycles. The van der Waals surface area contributed by atoms with E-state index < -0.39 is 5.91 Å². The minimum Gasteiger partial charge on any atom is -0.441 e.